The van der Waals surface area contributed by atoms with Crippen molar-refractivity contribution in [1.82, 2.24) is 0 Å². The maximum atomic E-state index is 6.04. The highest BCUT2D eigenvalue weighted by Gasteiger charge is 2.34. The van der Waals surface area contributed by atoms with Crippen LogP contribution in [0.2, 0.25) is 0 Å². The molecule has 0 spiro atoms. The molecule has 0 aromatic heterocycles. The van der Waals surface area contributed by atoms with Gasteiger partial charge in [-0.25, -0.2) is 0 Å². The lowest BCUT2D eigenvalue weighted by Gasteiger charge is -2.41. The monoisotopic (exact) mass is 256 g/mol. The molecule has 0 aromatic carbocycles. The molecule has 0 radical (unpaired) electrons. The van der Waals surface area contributed by atoms with E-state index in [1.54, 1.807) is 0 Å². The zero-order chi connectivity index (χ0) is 13.8. The molecule has 2 heteroatoms. The van der Waals surface area contributed by atoms with Crippen LogP contribution in [0, 0.1) is 11.8 Å². The molecule has 0 N–H and O–H groups in total. The molecule has 2 nitrogen and oxygen atoms in total. The summed E-state index contributed by atoms with van der Waals surface area (Å²) in [4.78, 5) is 0. The minimum atomic E-state index is -0.401. The molecule has 0 bridgehead atoms. The molecule has 108 valence electrons. The molecule has 0 saturated carbocycles. The molecule has 1 heterocycles. The van der Waals surface area contributed by atoms with E-state index in [4.69, 9.17) is 9.47 Å². The van der Waals surface area contributed by atoms with E-state index in [1.165, 1.54) is 25.7 Å². The maximum Gasteiger partial charge on any atom is 0.163 e. The fourth-order valence-corrected chi connectivity index (χ4v) is 2.61. The summed E-state index contributed by atoms with van der Waals surface area (Å²) in [6.45, 7) is 13.2. The lowest BCUT2D eigenvalue weighted by atomic mass is 9.95. The Morgan fingerprint density at radius 3 is 1.61 bits per heavy atom. The molecule has 1 saturated heterocycles. The summed E-state index contributed by atoms with van der Waals surface area (Å²) in [7, 11) is 0. The van der Waals surface area contributed by atoms with E-state index < -0.39 is 5.79 Å². The maximum absolute atomic E-state index is 6.04. The predicted octanol–water partition coefficient (Wildman–Crippen LogP) is 4.77. The Balaban J connectivity index is 2.44. The third-order valence-electron chi connectivity index (χ3n) is 3.56. The summed E-state index contributed by atoms with van der Waals surface area (Å²) in [6, 6.07) is 0. The smallest absolute Gasteiger partial charge is 0.163 e. The largest absolute Gasteiger partial charge is 0.347 e. The van der Waals surface area contributed by atoms with E-state index in [2.05, 4.69) is 41.5 Å². The van der Waals surface area contributed by atoms with Gasteiger partial charge in [0.25, 0.3) is 0 Å². The van der Waals surface area contributed by atoms with Crippen LogP contribution in [-0.2, 0) is 9.47 Å². The van der Waals surface area contributed by atoms with Crippen molar-refractivity contribution in [1.29, 1.82) is 0 Å². The number of hydrogen-bond donors (Lipinski definition) is 0. The van der Waals surface area contributed by atoms with Crippen LogP contribution in [0.25, 0.3) is 0 Å². The lowest BCUT2D eigenvalue weighted by Crippen LogP contribution is -2.44. The Hall–Kier alpha value is -0.0800. The Morgan fingerprint density at radius 2 is 1.28 bits per heavy atom. The van der Waals surface area contributed by atoms with Crippen LogP contribution in [0.15, 0.2) is 0 Å². The quantitative estimate of drug-likeness (QED) is 0.681. The molecular formula is C16H32O2. The average molecular weight is 256 g/mol. The average Bonchev–Trinajstić information content (AvgIpc) is 2.21. The second kappa shape index (κ2) is 6.91. The molecule has 1 aliphatic heterocycles. The zero-order valence-electron chi connectivity index (χ0n) is 13.2. The van der Waals surface area contributed by atoms with Crippen molar-refractivity contribution in [3.8, 4) is 0 Å². The first kappa shape index (κ1) is 16.0. The molecule has 1 rings (SSSR count). The van der Waals surface area contributed by atoms with Gasteiger partial charge >= 0.3 is 0 Å². The van der Waals surface area contributed by atoms with E-state index in [1.807, 2.05) is 0 Å². The van der Waals surface area contributed by atoms with Gasteiger partial charge in [0.2, 0.25) is 0 Å². The topological polar surface area (TPSA) is 18.5 Å². The lowest BCUT2D eigenvalue weighted by molar-refractivity contribution is -0.301. The Kier molecular flexibility index (Phi) is 6.13. The Bertz CT molecular complexity index is 211. The summed E-state index contributed by atoms with van der Waals surface area (Å²) < 4.78 is 12.1. The molecule has 18 heavy (non-hydrogen) atoms. The van der Waals surface area contributed by atoms with Crippen molar-refractivity contribution in [2.45, 2.75) is 91.6 Å². The van der Waals surface area contributed by atoms with Crippen molar-refractivity contribution in [3.63, 3.8) is 0 Å². The van der Waals surface area contributed by atoms with E-state index in [0.29, 0.717) is 12.2 Å². The van der Waals surface area contributed by atoms with Crippen LogP contribution >= 0.6 is 0 Å². The van der Waals surface area contributed by atoms with Crippen LogP contribution in [0.4, 0.5) is 0 Å². The van der Waals surface area contributed by atoms with Crippen molar-refractivity contribution in [2.75, 3.05) is 0 Å². The van der Waals surface area contributed by atoms with Gasteiger partial charge < -0.3 is 9.47 Å². The van der Waals surface area contributed by atoms with E-state index in [0.717, 1.165) is 18.3 Å². The zero-order valence-corrected chi connectivity index (χ0v) is 13.2. The van der Waals surface area contributed by atoms with Gasteiger partial charge in [-0.15, -0.1) is 0 Å². The summed E-state index contributed by atoms with van der Waals surface area (Å²) in [5, 5.41) is 0. The van der Waals surface area contributed by atoms with Crippen LogP contribution in [0.3, 0.4) is 0 Å². The minimum absolute atomic E-state index is 0.383. The van der Waals surface area contributed by atoms with Gasteiger partial charge in [-0.05, 0) is 51.4 Å². The first-order chi connectivity index (χ1) is 8.28. The van der Waals surface area contributed by atoms with Crippen molar-refractivity contribution in [3.05, 3.63) is 0 Å². The van der Waals surface area contributed by atoms with Gasteiger partial charge in [0.1, 0.15) is 0 Å². The van der Waals surface area contributed by atoms with Crippen molar-refractivity contribution >= 4 is 0 Å². The van der Waals surface area contributed by atoms with Crippen LogP contribution in [0.5, 0.6) is 0 Å². The normalized spacial score (nSPS) is 28.0. The van der Waals surface area contributed by atoms with Crippen LogP contribution < -0.4 is 0 Å². The van der Waals surface area contributed by atoms with E-state index >= 15 is 0 Å². The fraction of sp³-hybridized carbons (Fsp3) is 1.00. The highest BCUT2D eigenvalue weighted by atomic mass is 16.7. The van der Waals surface area contributed by atoms with Gasteiger partial charge in [-0.1, -0.05) is 27.7 Å². The second-order valence-electron chi connectivity index (χ2n) is 7.06. The molecule has 2 atom stereocenters. The SMILES string of the molecule is CC(C)CCC1CC(CCC(C)C)OC(C)(C)O1. The van der Waals surface area contributed by atoms with Gasteiger partial charge in [-0.2, -0.15) is 0 Å². The summed E-state index contributed by atoms with van der Waals surface area (Å²) in [5.41, 5.74) is 0. The predicted molar refractivity (Wildman–Crippen MR) is 76.6 cm³/mol. The van der Waals surface area contributed by atoms with Gasteiger partial charge in [0.05, 0.1) is 12.2 Å². The molecular weight excluding hydrogens is 224 g/mol. The first-order valence-electron chi connectivity index (χ1n) is 7.64. The Morgan fingerprint density at radius 1 is 0.889 bits per heavy atom. The molecule has 2 unspecified atom stereocenters. The van der Waals surface area contributed by atoms with E-state index in [9.17, 15) is 0 Å². The van der Waals surface area contributed by atoms with Gasteiger partial charge in [-0.3, -0.25) is 0 Å². The Labute approximate surface area is 113 Å². The summed E-state index contributed by atoms with van der Waals surface area (Å²) in [6.07, 6.45) is 6.67. The summed E-state index contributed by atoms with van der Waals surface area (Å²) in [5.74, 6) is 1.11. The van der Waals surface area contributed by atoms with Gasteiger partial charge in [0.15, 0.2) is 5.79 Å². The first-order valence-corrected chi connectivity index (χ1v) is 7.64. The minimum Gasteiger partial charge on any atom is -0.347 e. The highest BCUT2D eigenvalue weighted by Crippen LogP contribution is 2.32. The number of rotatable bonds is 6. The van der Waals surface area contributed by atoms with Crippen LogP contribution in [0.1, 0.15) is 73.6 Å². The standard InChI is InChI=1S/C16H32O2/c1-12(2)7-9-14-11-15(10-8-13(3)4)18-16(5,6)17-14/h12-15H,7-11H2,1-6H3. The van der Waals surface area contributed by atoms with Crippen molar-refractivity contribution < 1.29 is 9.47 Å². The summed E-state index contributed by atoms with van der Waals surface area (Å²) >= 11 is 0. The molecule has 0 aromatic rings. The number of hydrogen-bond acceptors (Lipinski definition) is 2. The third kappa shape index (κ3) is 6.19. The van der Waals surface area contributed by atoms with Gasteiger partial charge in [0, 0.05) is 6.42 Å². The fourth-order valence-electron chi connectivity index (χ4n) is 2.61. The second-order valence-corrected chi connectivity index (χ2v) is 7.06. The van der Waals surface area contributed by atoms with E-state index in [-0.39, 0.29) is 0 Å². The molecule has 0 aliphatic carbocycles. The molecule has 1 fully saturated rings. The van der Waals surface area contributed by atoms with Crippen molar-refractivity contribution in [2.24, 2.45) is 11.8 Å². The third-order valence-corrected chi connectivity index (χ3v) is 3.56. The molecule has 1 aliphatic rings. The number of ether oxygens (including phenoxy) is 2. The highest BCUT2D eigenvalue weighted by molar-refractivity contribution is 4.77. The van der Waals surface area contributed by atoms with Crippen LogP contribution in [-0.4, -0.2) is 18.0 Å². The molecule has 0 amide bonds.